The molecule has 1 aliphatic heterocycles. The van der Waals surface area contributed by atoms with Gasteiger partial charge in [-0.25, -0.2) is 9.78 Å². The molecule has 2 heterocycles. The minimum atomic E-state index is -0.326. The second kappa shape index (κ2) is 3.98. The number of carbonyl (C=O) groups excluding carboxylic acids is 2. The van der Waals surface area contributed by atoms with Crippen LogP contribution in [0.4, 0.5) is 4.79 Å². The Morgan fingerprint density at radius 1 is 1.60 bits per heavy atom. The zero-order valence-electron chi connectivity index (χ0n) is 8.32. The van der Waals surface area contributed by atoms with E-state index in [9.17, 15) is 9.59 Å². The molecule has 1 aliphatic rings. The summed E-state index contributed by atoms with van der Waals surface area (Å²) < 4.78 is 0. The van der Waals surface area contributed by atoms with Gasteiger partial charge in [0.2, 0.25) is 5.91 Å². The molecular formula is C9H11N3O2S. The molecule has 1 saturated heterocycles. The second-order valence-electron chi connectivity index (χ2n) is 3.22. The number of imide groups is 1. The number of aryl methyl sites for hydroxylation is 1. The Bertz CT molecular complexity index is 386. The summed E-state index contributed by atoms with van der Waals surface area (Å²) >= 11 is 1.48. The van der Waals surface area contributed by atoms with Crippen molar-refractivity contribution in [1.82, 2.24) is 15.2 Å². The van der Waals surface area contributed by atoms with E-state index in [2.05, 4.69) is 10.3 Å². The Balaban J connectivity index is 2.07. The normalized spacial score (nSPS) is 15.9. The van der Waals surface area contributed by atoms with Crippen LogP contribution in [0.2, 0.25) is 0 Å². The minimum absolute atomic E-state index is 0.102. The van der Waals surface area contributed by atoms with Gasteiger partial charge in [-0.1, -0.05) is 6.92 Å². The summed E-state index contributed by atoms with van der Waals surface area (Å²) in [6.45, 7) is 2.41. The van der Waals surface area contributed by atoms with Crippen molar-refractivity contribution in [3.8, 4) is 0 Å². The predicted molar refractivity (Wildman–Crippen MR) is 55.4 cm³/mol. The fraction of sp³-hybridized carbons (Fsp3) is 0.444. The van der Waals surface area contributed by atoms with Gasteiger partial charge in [0.1, 0.15) is 5.01 Å². The molecule has 5 nitrogen and oxygen atoms in total. The first-order valence-electron chi connectivity index (χ1n) is 4.72. The quantitative estimate of drug-likeness (QED) is 0.772. The monoisotopic (exact) mass is 225 g/mol. The lowest BCUT2D eigenvalue weighted by molar-refractivity contribution is -0.125. The first-order chi connectivity index (χ1) is 7.20. The molecule has 0 spiro atoms. The number of hydrogen-bond acceptors (Lipinski definition) is 4. The van der Waals surface area contributed by atoms with E-state index < -0.39 is 0 Å². The third-order valence-electron chi connectivity index (χ3n) is 2.19. The SMILES string of the molecule is CCc1csc(CN2C(=O)CNC2=O)n1. The van der Waals surface area contributed by atoms with Crippen LogP contribution in [0.3, 0.4) is 0 Å². The standard InChI is InChI=1S/C9H11N3O2S/c1-2-6-5-15-7(11-6)4-12-8(13)3-10-9(12)14/h5H,2-4H2,1H3,(H,10,14). The third kappa shape index (κ3) is 1.99. The van der Waals surface area contributed by atoms with Gasteiger partial charge in [-0.3, -0.25) is 9.69 Å². The van der Waals surface area contributed by atoms with E-state index in [4.69, 9.17) is 0 Å². The molecule has 6 heteroatoms. The van der Waals surface area contributed by atoms with E-state index in [0.29, 0.717) is 0 Å². The number of thiazole rings is 1. The van der Waals surface area contributed by atoms with Crippen LogP contribution in [0.5, 0.6) is 0 Å². The van der Waals surface area contributed by atoms with Crippen molar-refractivity contribution in [3.05, 3.63) is 16.1 Å². The van der Waals surface area contributed by atoms with Gasteiger partial charge in [0, 0.05) is 5.38 Å². The largest absolute Gasteiger partial charge is 0.329 e. The molecule has 1 aromatic rings. The molecule has 2 rings (SSSR count). The molecule has 0 unspecified atom stereocenters. The molecule has 3 amide bonds. The Labute approximate surface area is 91.1 Å². The summed E-state index contributed by atoms with van der Waals surface area (Å²) in [7, 11) is 0. The van der Waals surface area contributed by atoms with Crippen molar-refractivity contribution in [2.75, 3.05) is 6.54 Å². The fourth-order valence-electron chi connectivity index (χ4n) is 1.33. The van der Waals surface area contributed by atoms with E-state index in [0.717, 1.165) is 17.1 Å². The first-order valence-corrected chi connectivity index (χ1v) is 5.60. The molecular weight excluding hydrogens is 214 g/mol. The summed E-state index contributed by atoms with van der Waals surface area (Å²) in [4.78, 5) is 28.0. The fourth-order valence-corrected chi connectivity index (χ4v) is 2.20. The number of aromatic nitrogens is 1. The van der Waals surface area contributed by atoms with Crippen molar-refractivity contribution < 1.29 is 9.59 Å². The third-order valence-corrected chi connectivity index (χ3v) is 3.07. The van der Waals surface area contributed by atoms with E-state index in [1.165, 1.54) is 16.2 Å². The topological polar surface area (TPSA) is 62.3 Å². The van der Waals surface area contributed by atoms with Crippen LogP contribution < -0.4 is 5.32 Å². The Morgan fingerprint density at radius 2 is 2.40 bits per heavy atom. The van der Waals surface area contributed by atoms with Crippen LogP contribution in [-0.4, -0.2) is 28.4 Å². The lowest BCUT2D eigenvalue weighted by atomic mass is 10.4. The highest BCUT2D eigenvalue weighted by molar-refractivity contribution is 7.09. The van der Waals surface area contributed by atoms with Crippen molar-refractivity contribution in [2.24, 2.45) is 0 Å². The minimum Gasteiger partial charge on any atom is -0.329 e. The number of nitrogens with one attached hydrogen (secondary N) is 1. The average molecular weight is 225 g/mol. The molecule has 1 fully saturated rings. The van der Waals surface area contributed by atoms with Crippen LogP contribution in [0.1, 0.15) is 17.6 Å². The van der Waals surface area contributed by atoms with E-state index in [1.807, 2.05) is 12.3 Å². The summed E-state index contributed by atoms with van der Waals surface area (Å²) in [6, 6.07) is -0.326. The predicted octanol–water partition coefficient (Wildman–Crippen LogP) is 0.757. The highest BCUT2D eigenvalue weighted by Crippen LogP contribution is 2.14. The highest BCUT2D eigenvalue weighted by atomic mass is 32.1. The number of carbonyl (C=O) groups is 2. The van der Waals surface area contributed by atoms with Gasteiger partial charge in [0.05, 0.1) is 18.8 Å². The van der Waals surface area contributed by atoms with Crippen LogP contribution in [0.25, 0.3) is 0 Å². The van der Waals surface area contributed by atoms with E-state index in [-0.39, 0.29) is 25.0 Å². The lowest BCUT2D eigenvalue weighted by Crippen LogP contribution is -2.30. The smallest absolute Gasteiger partial charge is 0.324 e. The van der Waals surface area contributed by atoms with Crippen LogP contribution >= 0.6 is 11.3 Å². The molecule has 0 atom stereocenters. The highest BCUT2D eigenvalue weighted by Gasteiger charge is 2.28. The number of urea groups is 1. The van der Waals surface area contributed by atoms with Crippen molar-refractivity contribution >= 4 is 23.3 Å². The van der Waals surface area contributed by atoms with Gasteiger partial charge in [0.15, 0.2) is 0 Å². The lowest BCUT2D eigenvalue weighted by Gasteiger charge is -2.09. The summed E-state index contributed by atoms with van der Waals surface area (Å²) in [5, 5.41) is 5.23. The van der Waals surface area contributed by atoms with Crippen molar-refractivity contribution in [3.63, 3.8) is 0 Å². The molecule has 0 radical (unpaired) electrons. The second-order valence-corrected chi connectivity index (χ2v) is 4.17. The maximum absolute atomic E-state index is 11.3. The summed E-state index contributed by atoms with van der Waals surface area (Å²) in [6.07, 6.45) is 0.872. The van der Waals surface area contributed by atoms with Gasteiger partial charge >= 0.3 is 6.03 Å². The molecule has 0 aliphatic carbocycles. The Hall–Kier alpha value is -1.43. The summed E-state index contributed by atoms with van der Waals surface area (Å²) in [5.41, 5.74) is 1.00. The van der Waals surface area contributed by atoms with Gasteiger partial charge in [-0.15, -0.1) is 11.3 Å². The number of hydrogen-bond donors (Lipinski definition) is 1. The van der Waals surface area contributed by atoms with Crippen molar-refractivity contribution in [1.29, 1.82) is 0 Å². The molecule has 1 N–H and O–H groups in total. The number of nitrogens with zero attached hydrogens (tertiary/aromatic N) is 2. The maximum Gasteiger partial charge on any atom is 0.324 e. The molecule has 15 heavy (non-hydrogen) atoms. The van der Waals surface area contributed by atoms with Gasteiger partial charge < -0.3 is 5.32 Å². The molecule has 0 saturated carbocycles. The number of amides is 3. The summed E-state index contributed by atoms with van der Waals surface area (Å²) in [5.74, 6) is -0.187. The van der Waals surface area contributed by atoms with Crippen LogP contribution in [-0.2, 0) is 17.8 Å². The average Bonchev–Trinajstić information content (AvgIpc) is 2.80. The van der Waals surface area contributed by atoms with Crippen LogP contribution in [0.15, 0.2) is 5.38 Å². The zero-order chi connectivity index (χ0) is 10.8. The van der Waals surface area contributed by atoms with Crippen molar-refractivity contribution in [2.45, 2.75) is 19.9 Å². The molecule has 80 valence electrons. The molecule has 0 aromatic carbocycles. The first kappa shape index (κ1) is 10.1. The van der Waals surface area contributed by atoms with E-state index >= 15 is 0 Å². The maximum atomic E-state index is 11.3. The van der Waals surface area contributed by atoms with E-state index in [1.54, 1.807) is 0 Å². The number of rotatable bonds is 3. The Kier molecular flexibility index (Phi) is 2.68. The molecule has 1 aromatic heterocycles. The van der Waals surface area contributed by atoms with Gasteiger partial charge in [-0.2, -0.15) is 0 Å². The van der Waals surface area contributed by atoms with Gasteiger partial charge in [-0.05, 0) is 6.42 Å². The molecule has 0 bridgehead atoms. The van der Waals surface area contributed by atoms with Gasteiger partial charge in [0.25, 0.3) is 0 Å². The van der Waals surface area contributed by atoms with Crippen LogP contribution in [0, 0.1) is 0 Å². The zero-order valence-corrected chi connectivity index (χ0v) is 9.13. The Morgan fingerprint density at radius 3 is 2.93 bits per heavy atom.